The molecular formula is C33H43Cl2N7O2. The van der Waals surface area contributed by atoms with E-state index in [1.54, 1.807) is 18.2 Å². The van der Waals surface area contributed by atoms with E-state index in [2.05, 4.69) is 65.5 Å². The summed E-state index contributed by atoms with van der Waals surface area (Å²) < 4.78 is 0. The van der Waals surface area contributed by atoms with Crippen LogP contribution in [-0.4, -0.2) is 47.9 Å². The molecule has 1 fully saturated rings. The minimum atomic E-state index is -0.911. The molecule has 1 amide bonds. The fourth-order valence-corrected chi connectivity index (χ4v) is 7.15. The summed E-state index contributed by atoms with van der Waals surface area (Å²) in [4.78, 5) is 21.9. The van der Waals surface area contributed by atoms with Crippen LogP contribution in [0.4, 0.5) is 0 Å². The van der Waals surface area contributed by atoms with Crippen LogP contribution in [0, 0.1) is 17.3 Å². The normalized spacial score (nSPS) is 22.1. The van der Waals surface area contributed by atoms with Gasteiger partial charge in [0.1, 0.15) is 17.6 Å². The van der Waals surface area contributed by atoms with Crippen molar-refractivity contribution in [3.8, 4) is 0 Å². The number of H-pyrrole nitrogens is 1. The molecule has 3 N–H and O–H groups in total. The average molecular weight is 641 g/mol. The van der Waals surface area contributed by atoms with Gasteiger partial charge >= 0.3 is 0 Å². The fourth-order valence-electron chi connectivity index (χ4n) is 6.62. The number of amides is 1. The predicted molar refractivity (Wildman–Crippen MR) is 173 cm³/mol. The van der Waals surface area contributed by atoms with Gasteiger partial charge in [-0.1, -0.05) is 87.3 Å². The number of hydrogen-bond acceptors (Lipinski definition) is 7. The number of aliphatic hydroxyl groups excluding tert-OH is 1. The van der Waals surface area contributed by atoms with Crippen LogP contribution < -0.4 is 5.32 Å². The highest BCUT2D eigenvalue weighted by Crippen LogP contribution is 2.50. The molecule has 1 spiro atoms. The first kappa shape index (κ1) is 32.5. The number of aromatic amines is 1. The van der Waals surface area contributed by atoms with Gasteiger partial charge in [0.15, 0.2) is 5.82 Å². The second-order valence-corrected chi connectivity index (χ2v) is 14.6. The summed E-state index contributed by atoms with van der Waals surface area (Å²) >= 11 is 12.8. The highest BCUT2D eigenvalue weighted by atomic mass is 35.5. The van der Waals surface area contributed by atoms with Crippen LogP contribution in [0.15, 0.2) is 47.5 Å². The number of nitrogens with zero attached hydrogens (tertiary/aromatic N) is 5. The standard InChI is InChI=1S/C33H43Cl2N7O2/c1-20(2)6-11-27(21-7-9-22(10-8-21)30(43)36-19-28-38-40-41-39-28)42-31(44)29(23-16-25(34)18-26(35)17-23)37-33(42)14-12-24(13-15-33)32(3,4)5/h7-10,16-18,20,24,27,30,36,43H,6,11-15,19H2,1-5H3,(H,38,39,40,41). The molecule has 2 atom stereocenters. The Hall–Kier alpha value is -2.85. The molecule has 3 aromatic rings. The van der Waals surface area contributed by atoms with Crippen LogP contribution in [-0.2, 0) is 11.3 Å². The van der Waals surface area contributed by atoms with E-state index in [1.165, 1.54) is 0 Å². The molecule has 236 valence electrons. The zero-order valence-electron chi connectivity index (χ0n) is 26.1. The quantitative estimate of drug-likeness (QED) is 0.205. The maximum atomic E-state index is 14.6. The van der Waals surface area contributed by atoms with Crippen molar-refractivity contribution in [1.82, 2.24) is 30.8 Å². The van der Waals surface area contributed by atoms with Crippen LogP contribution in [0.5, 0.6) is 0 Å². The average Bonchev–Trinajstić information content (AvgIpc) is 3.58. The lowest BCUT2D eigenvalue weighted by atomic mass is 9.69. The molecule has 0 bridgehead atoms. The molecule has 0 radical (unpaired) electrons. The molecular weight excluding hydrogens is 597 g/mol. The molecule has 11 heteroatoms. The molecule has 44 heavy (non-hydrogen) atoms. The first-order chi connectivity index (χ1) is 20.9. The third-order valence-electron chi connectivity index (χ3n) is 9.15. The number of hydrogen-bond donors (Lipinski definition) is 3. The van der Waals surface area contributed by atoms with Gasteiger partial charge in [0, 0.05) is 15.6 Å². The summed E-state index contributed by atoms with van der Waals surface area (Å²) in [7, 11) is 0. The number of aliphatic hydroxyl groups is 1. The molecule has 1 aliphatic carbocycles. The van der Waals surface area contributed by atoms with Gasteiger partial charge in [0.25, 0.3) is 5.91 Å². The van der Waals surface area contributed by atoms with Crippen LogP contribution >= 0.6 is 23.2 Å². The van der Waals surface area contributed by atoms with Crippen LogP contribution in [0.1, 0.15) is 108 Å². The zero-order chi connectivity index (χ0) is 31.6. The van der Waals surface area contributed by atoms with E-state index >= 15 is 0 Å². The summed E-state index contributed by atoms with van der Waals surface area (Å²) in [5.74, 6) is 1.40. The van der Waals surface area contributed by atoms with Gasteiger partial charge in [-0.3, -0.25) is 15.1 Å². The molecule has 2 aliphatic rings. The molecule has 1 aromatic heterocycles. The molecule has 1 aliphatic heterocycles. The Kier molecular flexibility index (Phi) is 9.80. The smallest absolute Gasteiger partial charge is 0.275 e. The lowest BCUT2D eigenvalue weighted by Gasteiger charge is -2.47. The van der Waals surface area contributed by atoms with E-state index in [-0.39, 0.29) is 23.9 Å². The third-order valence-corrected chi connectivity index (χ3v) is 9.58. The van der Waals surface area contributed by atoms with Crippen molar-refractivity contribution in [3.63, 3.8) is 0 Å². The Morgan fingerprint density at radius 2 is 1.68 bits per heavy atom. The van der Waals surface area contributed by atoms with Crippen molar-refractivity contribution in [2.24, 2.45) is 22.2 Å². The number of carbonyl (C=O) groups is 1. The van der Waals surface area contributed by atoms with Crippen LogP contribution in [0.2, 0.25) is 10.0 Å². The fraction of sp³-hybridized carbons (Fsp3) is 0.545. The Labute approximate surface area is 269 Å². The molecule has 9 nitrogen and oxygen atoms in total. The number of aliphatic imine (C=N–C) groups is 1. The number of benzene rings is 2. The van der Waals surface area contributed by atoms with Gasteiger partial charge in [0.05, 0.1) is 12.6 Å². The predicted octanol–water partition coefficient (Wildman–Crippen LogP) is 7.03. The van der Waals surface area contributed by atoms with E-state index in [1.807, 2.05) is 24.3 Å². The van der Waals surface area contributed by atoms with Crippen molar-refractivity contribution < 1.29 is 9.90 Å². The highest BCUT2D eigenvalue weighted by molar-refractivity contribution is 6.47. The monoisotopic (exact) mass is 639 g/mol. The third kappa shape index (κ3) is 7.17. The Bertz CT molecular complexity index is 1440. The molecule has 2 heterocycles. The second-order valence-electron chi connectivity index (χ2n) is 13.7. The van der Waals surface area contributed by atoms with E-state index < -0.39 is 11.9 Å². The van der Waals surface area contributed by atoms with Gasteiger partial charge in [-0.25, -0.2) is 0 Å². The van der Waals surface area contributed by atoms with E-state index in [4.69, 9.17) is 28.2 Å². The van der Waals surface area contributed by atoms with Crippen molar-refractivity contribution in [1.29, 1.82) is 0 Å². The van der Waals surface area contributed by atoms with Crippen molar-refractivity contribution in [3.05, 3.63) is 75.0 Å². The largest absolute Gasteiger partial charge is 0.374 e. The number of carbonyl (C=O) groups excluding carboxylic acids is 1. The van der Waals surface area contributed by atoms with Crippen LogP contribution in [0.25, 0.3) is 0 Å². The first-order valence-corrected chi connectivity index (χ1v) is 16.3. The Morgan fingerprint density at radius 3 is 2.25 bits per heavy atom. The summed E-state index contributed by atoms with van der Waals surface area (Å²) in [6.45, 7) is 11.6. The summed E-state index contributed by atoms with van der Waals surface area (Å²) in [6.07, 6.45) is 4.42. The SMILES string of the molecule is CC(C)CCC(c1ccc(C(O)NCc2nn[nH]n2)cc1)N1C(=O)C(c2cc(Cl)cc(Cl)c2)=NC12CCC(C(C)(C)C)CC2. The zero-order valence-corrected chi connectivity index (χ0v) is 27.7. The number of tetrazole rings is 1. The lowest BCUT2D eigenvalue weighted by molar-refractivity contribution is -0.133. The number of nitrogens with one attached hydrogen (secondary N) is 2. The minimum Gasteiger partial charge on any atom is -0.374 e. The van der Waals surface area contributed by atoms with Gasteiger partial charge in [-0.2, -0.15) is 5.21 Å². The molecule has 0 saturated heterocycles. The van der Waals surface area contributed by atoms with Gasteiger partial charge < -0.3 is 10.0 Å². The molecule has 2 unspecified atom stereocenters. The minimum absolute atomic E-state index is 0.0859. The van der Waals surface area contributed by atoms with Crippen molar-refractivity contribution >= 4 is 34.8 Å². The molecule has 2 aromatic carbocycles. The van der Waals surface area contributed by atoms with Crippen LogP contribution in [0.3, 0.4) is 0 Å². The Morgan fingerprint density at radius 1 is 1.05 bits per heavy atom. The first-order valence-electron chi connectivity index (χ1n) is 15.5. The van der Waals surface area contributed by atoms with E-state index in [0.717, 1.165) is 44.1 Å². The van der Waals surface area contributed by atoms with E-state index in [9.17, 15) is 9.90 Å². The number of rotatable bonds is 10. The van der Waals surface area contributed by atoms with Gasteiger partial charge in [-0.05, 0) is 85.1 Å². The number of aromatic nitrogens is 4. The van der Waals surface area contributed by atoms with E-state index in [0.29, 0.717) is 44.5 Å². The van der Waals surface area contributed by atoms with Crippen molar-refractivity contribution in [2.75, 3.05) is 0 Å². The van der Waals surface area contributed by atoms with Gasteiger partial charge in [-0.15, -0.1) is 10.2 Å². The maximum Gasteiger partial charge on any atom is 0.275 e. The summed E-state index contributed by atoms with van der Waals surface area (Å²) in [6, 6.07) is 12.9. The Balaban J connectivity index is 1.49. The molecule has 1 saturated carbocycles. The van der Waals surface area contributed by atoms with Gasteiger partial charge in [0.2, 0.25) is 0 Å². The topological polar surface area (TPSA) is 119 Å². The summed E-state index contributed by atoms with van der Waals surface area (Å²) in [5.41, 5.74) is 2.35. The lowest BCUT2D eigenvalue weighted by Crippen LogP contribution is -2.51. The van der Waals surface area contributed by atoms with Crippen molar-refractivity contribution in [2.45, 2.75) is 97.6 Å². The number of halogens is 2. The molecule has 5 rings (SSSR count). The highest BCUT2D eigenvalue weighted by Gasteiger charge is 2.52. The second kappa shape index (κ2) is 13.3. The maximum absolute atomic E-state index is 14.6. The summed E-state index contributed by atoms with van der Waals surface area (Å²) in [5, 5.41) is 28.5.